The number of aliphatic hydroxyl groups is 1. The largest absolute Gasteiger partial charge is 0.508 e. The molecule has 1 amide bonds. The van der Waals surface area contributed by atoms with Gasteiger partial charge in [-0.05, 0) is 68.8 Å². The highest BCUT2D eigenvalue weighted by molar-refractivity contribution is 6.52. The van der Waals surface area contributed by atoms with Gasteiger partial charge in [0.25, 0.3) is 11.7 Å². The van der Waals surface area contributed by atoms with Crippen LogP contribution in [0.25, 0.3) is 5.76 Å². The van der Waals surface area contributed by atoms with Crippen molar-refractivity contribution in [3.05, 3.63) is 82.4 Å². The number of halogens is 1. The SMILES string of the molecule is CCOc1ccc(Cl)c(/C(O)=C2\C(=O)C(=O)N(c3ccc(OCC)c(OCC)c3)C2c2ccc(O)cc2)c1. The molecule has 0 bridgehead atoms. The second-order valence-electron chi connectivity index (χ2n) is 8.33. The van der Waals surface area contributed by atoms with Crippen LogP contribution in [0, 0.1) is 0 Å². The summed E-state index contributed by atoms with van der Waals surface area (Å²) >= 11 is 6.40. The Labute approximate surface area is 225 Å². The summed E-state index contributed by atoms with van der Waals surface area (Å²) < 4.78 is 16.9. The highest BCUT2D eigenvalue weighted by Gasteiger charge is 2.47. The predicted molar refractivity (Wildman–Crippen MR) is 144 cm³/mol. The molecule has 1 saturated heterocycles. The number of Topliss-reactive ketones (excluding diaryl/α,β-unsaturated/α-hetero) is 1. The van der Waals surface area contributed by atoms with Crippen LogP contribution in [0.15, 0.2) is 66.2 Å². The third kappa shape index (κ3) is 5.13. The zero-order chi connectivity index (χ0) is 27.4. The molecule has 0 saturated carbocycles. The average Bonchev–Trinajstić information content (AvgIpc) is 3.17. The van der Waals surface area contributed by atoms with Crippen LogP contribution in [-0.4, -0.2) is 41.7 Å². The second-order valence-corrected chi connectivity index (χ2v) is 8.74. The summed E-state index contributed by atoms with van der Waals surface area (Å²) in [5.74, 6) is -0.800. The Morgan fingerprint density at radius 2 is 1.53 bits per heavy atom. The number of hydrogen-bond acceptors (Lipinski definition) is 7. The zero-order valence-electron chi connectivity index (χ0n) is 21.2. The van der Waals surface area contributed by atoms with Crippen molar-refractivity contribution in [2.45, 2.75) is 26.8 Å². The summed E-state index contributed by atoms with van der Waals surface area (Å²) in [5, 5.41) is 21.5. The van der Waals surface area contributed by atoms with E-state index >= 15 is 0 Å². The van der Waals surface area contributed by atoms with E-state index in [0.29, 0.717) is 48.3 Å². The number of amides is 1. The number of ether oxygens (including phenoxy) is 3. The van der Waals surface area contributed by atoms with Gasteiger partial charge < -0.3 is 24.4 Å². The number of aliphatic hydroxyl groups excluding tert-OH is 1. The molecule has 3 aromatic carbocycles. The van der Waals surface area contributed by atoms with Crippen LogP contribution in [0.1, 0.15) is 37.9 Å². The van der Waals surface area contributed by atoms with Gasteiger partial charge in [0.1, 0.15) is 17.3 Å². The molecule has 0 aromatic heterocycles. The van der Waals surface area contributed by atoms with Crippen molar-refractivity contribution in [1.29, 1.82) is 0 Å². The quantitative estimate of drug-likeness (QED) is 0.200. The number of phenols is 1. The molecule has 1 heterocycles. The Bertz CT molecular complexity index is 1380. The summed E-state index contributed by atoms with van der Waals surface area (Å²) in [6, 6.07) is 14.7. The Morgan fingerprint density at radius 3 is 2.18 bits per heavy atom. The smallest absolute Gasteiger partial charge is 0.300 e. The standard InChI is InChI=1S/C29H28ClNO7/c1-4-36-20-12-13-22(30)21(16-20)27(33)25-26(17-7-10-19(32)11-8-17)31(29(35)28(25)34)18-9-14-23(37-5-2)24(15-18)38-6-3/h7-16,26,32-33H,4-6H2,1-3H3/b27-25+. The van der Waals surface area contributed by atoms with E-state index in [1.807, 2.05) is 20.8 Å². The first-order valence-corrected chi connectivity index (χ1v) is 12.6. The number of nitrogens with zero attached hydrogens (tertiary/aromatic N) is 1. The molecule has 1 aliphatic heterocycles. The molecule has 0 radical (unpaired) electrons. The van der Waals surface area contributed by atoms with Crippen LogP contribution in [-0.2, 0) is 9.59 Å². The summed E-state index contributed by atoms with van der Waals surface area (Å²) in [5.41, 5.74) is 0.863. The number of rotatable bonds is 9. The van der Waals surface area contributed by atoms with Crippen LogP contribution in [0.5, 0.6) is 23.0 Å². The highest BCUT2D eigenvalue weighted by atomic mass is 35.5. The molecular formula is C29H28ClNO7. The van der Waals surface area contributed by atoms with E-state index in [2.05, 4.69) is 0 Å². The summed E-state index contributed by atoms with van der Waals surface area (Å²) in [7, 11) is 0. The van der Waals surface area contributed by atoms with Crippen molar-refractivity contribution >= 4 is 34.7 Å². The van der Waals surface area contributed by atoms with Crippen molar-refractivity contribution in [2.24, 2.45) is 0 Å². The molecule has 8 nitrogen and oxygen atoms in total. The average molecular weight is 538 g/mol. The van der Waals surface area contributed by atoms with Gasteiger partial charge in [-0.1, -0.05) is 23.7 Å². The summed E-state index contributed by atoms with van der Waals surface area (Å²) in [6.45, 7) is 6.65. The van der Waals surface area contributed by atoms with Gasteiger partial charge in [-0.25, -0.2) is 0 Å². The lowest BCUT2D eigenvalue weighted by Gasteiger charge is -2.26. The Morgan fingerprint density at radius 1 is 0.868 bits per heavy atom. The van der Waals surface area contributed by atoms with Gasteiger partial charge in [-0.2, -0.15) is 0 Å². The van der Waals surface area contributed by atoms with Gasteiger partial charge in [0.05, 0.1) is 36.5 Å². The van der Waals surface area contributed by atoms with Crippen molar-refractivity contribution in [1.82, 2.24) is 0 Å². The topological polar surface area (TPSA) is 106 Å². The number of phenolic OH excluding ortho intramolecular Hbond substituents is 1. The molecule has 0 aliphatic carbocycles. The first-order chi connectivity index (χ1) is 18.3. The van der Waals surface area contributed by atoms with Crippen molar-refractivity contribution < 1.29 is 34.0 Å². The number of carbonyl (C=O) groups is 2. The fraction of sp³-hybridized carbons (Fsp3) is 0.241. The fourth-order valence-electron chi connectivity index (χ4n) is 4.35. The van der Waals surface area contributed by atoms with E-state index in [9.17, 15) is 19.8 Å². The molecule has 1 fully saturated rings. The molecule has 1 atom stereocenters. The number of anilines is 1. The van der Waals surface area contributed by atoms with Crippen molar-refractivity contribution in [3.8, 4) is 23.0 Å². The van der Waals surface area contributed by atoms with Crippen LogP contribution < -0.4 is 19.1 Å². The minimum atomic E-state index is -1.02. The fourth-order valence-corrected chi connectivity index (χ4v) is 4.55. The molecule has 4 rings (SSSR count). The molecule has 0 spiro atoms. The lowest BCUT2D eigenvalue weighted by molar-refractivity contribution is -0.132. The van der Waals surface area contributed by atoms with E-state index in [1.54, 1.807) is 42.5 Å². The molecule has 9 heteroatoms. The van der Waals surface area contributed by atoms with E-state index < -0.39 is 23.5 Å². The third-order valence-electron chi connectivity index (χ3n) is 5.96. The first-order valence-electron chi connectivity index (χ1n) is 12.2. The summed E-state index contributed by atoms with van der Waals surface area (Å²) in [6.07, 6.45) is 0. The second kappa shape index (κ2) is 11.5. The minimum absolute atomic E-state index is 0.0119. The van der Waals surface area contributed by atoms with Gasteiger partial charge in [0.15, 0.2) is 11.5 Å². The van der Waals surface area contributed by atoms with Crippen LogP contribution >= 0.6 is 11.6 Å². The summed E-state index contributed by atoms with van der Waals surface area (Å²) in [4.78, 5) is 28.2. The number of aromatic hydroxyl groups is 1. The van der Waals surface area contributed by atoms with E-state index in [4.69, 9.17) is 25.8 Å². The monoisotopic (exact) mass is 537 g/mol. The predicted octanol–water partition coefficient (Wildman–Crippen LogP) is 5.87. The van der Waals surface area contributed by atoms with Crippen LogP contribution in [0.2, 0.25) is 5.02 Å². The van der Waals surface area contributed by atoms with Gasteiger partial charge in [0.2, 0.25) is 0 Å². The molecule has 38 heavy (non-hydrogen) atoms. The van der Waals surface area contributed by atoms with Gasteiger partial charge in [-0.15, -0.1) is 0 Å². The first kappa shape index (κ1) is 26.9. The number of benzene rings is 3. The Balaban J connectivity index is 1.93. The van der Waals surface area contributed by atoms with E-state index in [-0.39, 0.29) is 21.9 Å². The van der Waals surface area contributed by atoms with Crippen LogP contribution in [0.4, 0.5) is 5.69 Å². The van der Waals surface area contributed by atoms with Crippen LogP contribution in [0.3, 0.4) is 0 Å². The molecule has 1 unspecified atom stereocenters. The minimum Gasteiger partial charge on any atom is -0.508 e. The van der Waals surface area contributed by atoms with E-state index in [1.165, 1.54) is 23.1 Å². The van der Waals surface area contributed by atoms with Crippen molar-refractivity contribution in [2.75, 3.05) is 24.7 Å². The Hall–Kier alpha value is -4.17. The zero-order valence-corrected chi connectivity index (χ0v) is 22.0. The normalized spacial score (nSPS) is 16.5. The number of hydrogen-bond donors (Lipinski definition) is 2. The molecule has 3 aromatic rings. The van der Waals surface area contributed by atoms with Gasteiger partial charge >= 0.3 is 0 Å². The lowest BCUT2D eigenvalue weighted by atomic mass is 9.95. The highest BCUT2D eigenvalue weighted by Crippen LogP contribution is 2.45. The molecule has 1 aliphatic rings. The molecule has 198 valence electrons. The maximum Gasteiger partial charge on any atom is 0.300 e. The molecule has 2 N–H and O–H groups in total. The van der Waals surface area contributed by atoms with Crippen molar-refractivity contribution in [3.63, 3.8) is 0 Å². The third-order valence-corrected chi connectivity index (χ3v) is 6.29. The van der Waals surface area contributed by atoms with Gasteiger partial charge in [0, 0.05) is 17.3 Å². The number of carbonyl (C=O) groups excluding carboxylic acids is 2. The maximum atomic E-state index is 13.5. The molecular weight excluding hydrogens is 510 g/mol. The van der Waals surface area contributed by atoms with Gasteiger partial charge in [-0.3, -0.25) is 14.5 Å². The maximum absolute atomic E-state index is 13.5. The Kier molecular flexibility index (Phi) is 8.12. The lowest BCUT2D eigenvalue weighted by Crippen LogP contribution is -2.29. The van der Waals surface area contributed by atoms with E-state index in [0.717, 1.165) is 0 Å². The number of ketones is 1.